The number of carboxylic acid groups (broad SMARTS) is 1. The molecule has 0 aromatic heterocycles. The van der Waals surface area contributed by atoms with Gasteiger partial charge in [0.25, 0.3) is 11.8 Å². The van der Waals surface area contributed by atoms with Crippen molar-refractivity contribution < 1.29 is 24.2 Å². The van der Waals surface area contributed by atoms with Gasteiger partial charge >= 0.3 is 5.97 Å². The van der Waals surface area contributed by atoms with E-state index in [-0.39, 0.29) is 12.3 Å². The molecule has 1 aliphatic heterocycles. The normalized spacial score (nSPS) is 16.6. The van der Waals surface area contributed by atoms with Crippen LogP contribution in [0.15, 0.2) is 53.4 Å². The monoisotopic (exact) mass is 428 g/mol. The molecule has 2 amide bonds. The van der Waals surface area contributed by atoms with Gasteiger partial charge in [-0.3, -0.25) is 14.4 Å². The van der Waals surface area contributed by atoms with E-state index in [1.54, 1.807) is 36.0 Å². The third kappa shape index (κ3) is 5.84. The third-order valence-corrected chi connectivity index (χ3v) is 5.56. The summed E-state index contributed by atoms with van der Waals surface area (Å²) >= 11 is 1.58. The van der Waals surface area contributed by atoms with E-state index in [2.05, 4.69) is 10.6 Å². The molecule has 3 N–H and O–H groups in total. The highest BCUT2D eigenvalue weighted by molar-refractivity contribution is 7.98. The molecular weight excluding hydrogens is 404 g/mol. The number of carboxylic acids is 1. The minimum Gasteiger partial charge on any atom is -0.481 e. The molecule has 2 aromatic rings. The minimum atomic E-state index is -1.01. The van der Waals surface area contributed by atoms with Gasteiger partial charge in [-0.25, -0.2) is 0 Å². The number of amides is 2. The van der Waals surface area contributed by atoms with Crippen molar-refractivity contribution in [2.75, 3.05) is 18.2 Å². The smallest absolute Gasteiger partial charge is 0.305 e. The van der Waals surface area contributed by atoms with Crippen LogP contribution in [0.25, 0.3) is 0 Å². The molecule has 1 heterocycles. The number of thioether (sulfide) groups is 1. The van der Waals surface area contributed by atoms with Gasteiger partial charge < -0.3 is 20.5 Å². The van der Waals surface area contributed by atoms with Gasteiger partial charge in [-0.15, -0.1) is 11.8 Å². The molecular formula is C22H24N2O5S. The van der Waals surface area contributed by atoms with Gasteiger partial charge in [0.1, 0.15) is 6.10 Å². The van der Waals surface area contributed by atoms with E-state index >= 15 is 0 Å². The van der Waals surface area contributed by atoms with Crippen LogP contribution in [0.3, 0.4) is 0 Å². The Morgan fingerprint density at radius 2 is 1.97 bits per heavy atom. The lowest BCUT2D eigenvalue weighted by atomic mass is 10.0. The zero-order valence-electron chi connectivity index (χ0n) is 16.6. The van der Waals surface area contributed by atoms with E-state index in [4.69, 9.17) is 4.74 Å². The lowest BCUT2D eigenvalue weighted by Crippen LogP contribution is -2.30. The third-order valence-electron chi connectivity index (χ3n) is 4.82. The predicted octanol–water partition coefficient (Wildman–Crippen LogP) is 3.47. The fourth-order valence-corrected chi connectivity index (χ4v) is 3.66. The number of rotatable bonds is 8. The molecule has 8 heteroatoms. The van der Waals surface area contributed by atoms with Gasteiger partial charge in [0, 0.05) is 22.8 Å². The number of hydrogen-bond donors (Lipinski definition) is 3. The van der Waals surface area contributed by atoms with E-state index < -0.39 is 24.0 Å². The average Bonchev–Trinajstić information content (AvgIpc) is 3.28. The maximum atomic E-state index is 12.8. The lowest BCUT2D eigenvalue weighted by Gasteiger charge is -2.18. The number of ether oxygens (including phenoxy) is 1. The first kappa shape index (κ1) is 21.9. The van der Waals surface area contributed by atoms with Crippen LogP contribution >= 0.6 is 11.8 Å². The fourth-order valence-electron chi connectivity index (χ4n) is 3.25. The second-order valence-electron chi connectivity index (χ2n) is 6.97. The topological polar surface area (TPSA) is 105 Å². The van der Waals surface area contributed by atoms with Crippen molar-refractivity contribution in [2.24, 2.45) is 0 Å². The Balaban J connectivity index is 1.71. The summed E-state index contributed by atoms with van der Waals surface area (Å²) in [6, 6.07) is 13.3. The molecule has 0 saturated carbocycles. The van der Waals surface area contributed by atoms with Gasteiger partial charge in [0.15, 0.2) is 0 Å². The summed E-state index contributed by atoms with van der Waals surface area (Å²) in [5.41, 5.74) is 1.53. The van der Waals surface area contributed by atoms with Crippen LogP contribution in [-0.4, -0.2) is 41.9 Å². The molecule has 0 bridgehead atoms. The second kappa shape index (κ2) is 10.3. The minimum absolute atomic E-state index is 0.234. The molecule has 1 saturated heterocycles. The van der Waals surface area contributed by atoms with Crippen molar-refractivity contribution in [1.82, 2.24) is 5.32 Å². The molecule has 0 unspecified atom stereocenters. The Morgan fingerprint density at radius 3 is 2.60 bits per heavy atom. The first-order chi connectivity index (χ1) is 14.5. The number of benzene rings is 2. The summed E-state index contributed by atoms with van der Waals surface area (Å²) < 4.78 is 5.37. The highest BCUT2D eigenvalue weighted by atomic mass is 32.2. The van der Waals surface area contributed by atoms with Crippen LogP contribution in [0.1, 0.15) is 41.2 Å². The molecule has 0 aliphatic carbocycles. The van der Waals surface area contributed by atoms with Crippen LogP contribution in [0.2, 0.25) is 0 Å². The molecule has 1 fully saturated rings. The van der Waals surface area contributed by atoms with Gasteiger partial charge in [0.2, 0.25) is 0 Å². The average molecular weight is 429 g/mol. The number of aliphatic carboxylic acids is 1. The van der Waals surface area contributed by atoms with Gasteiger partial charge in [0.05, 0.1) is 12.5 Å². The fraction of sp³-hybridized carbons (Fsp3) is 0.318. The van der Waals surface area contributed by atoms with Gasteiger partial charge in [-0.05, 0) is 55.0 Å². The summed E-state index contributed by atoms with van der Waals surface area (Å²) in [5, 5.41) is 14.8. The van der Waals surface area contributed by atoms with Gasteiger partial charge in [-0.2, -0.15) is 0 Å². The Labute approximate surface area is 179 Å². The first-order valence-corrected chi connectivity index (χ1v) is 10.9. The van der Waals surface area contributed by atoms with Crippen LogP contribution in [0.5, 0.6) is 0 Å². The second-order valence-corrected chi connectivity index (χ2v) is 7.85. The molecule has 30 heavy (non-hydrogen) atoms. The van der Waals surface area contributed by atoms with Crippen molar-refractivity contribution in [1.29, 1.82) is 0 Å². The summed E-state index contributed by atoms with van der Waals surface area (Å²) in [6.07, 6.45) is 2.78. The molecule has 2 atom stereocenters. The Kier molecular flexibility index (Phi) is 7.48. The van der Waals surface area contributed by atoms with E-state index in [0.29, 0.717) is 29.8 Å². The van der Waals surface area contributed by atoms with Crippen LogP contribution in [0.4, 0.5) is 5.69 Å². The molecule has 158 valence electrons. The Bertz CT molecular complexity index is 910. The SMILES string of the molecule is CSc1ccc([C@H](CC(=O)O)NC(=O)c2cccc(NC(=O)[C@H]3CCCO3)c2)cc1. The number of anilines is 1. The maximum Gasteiger partial charge on any atom is 0.305 e. The Hall–Kier alpha value is -2.84. The maximum absolute atomic E-state index is 12.8. The van der Waals surface area contributed by atoms with Crippen molar-refractivity contribution in [3.05, 3.63) is 59.7 Å². The van der Waals surface area contributed by atoms with E-state index in [9.17, 15) is 19.5 Å². The summed E-state index contributed by atoms with van der Waals surface area (Å²) in [5.74, 6) is -1.65. The van der Waals surface area contributed by atoms with Crippen molar-refractivity contribution in [2.45, 2.75) is 36.3 Å². The summed E-state index contributed by atoms with van der Waals surface area (Å²) in [4.78, 5) is 37.4. The number of nitrogens with one attached hydrogen (secondary N) is 2. The number of hydrogen-bond acceptors (Lipinski definition) is 5. The molecule has 2 aromatic carbocycles. The molecule has 3 rings (SSSR count). The van der Waals surface area contributed by atoms with E-state index in [1.807, 2.05) is 30.5 Å². The predicted molar refractivity (Wildman–Crippen MR) is 115 cm³/mol. The zero-order valence-corrected chi connectivity index (χ0v) is 17.4. The van der Waals surface area contributed by atoms with E-state index in [0.717, 1.165) is 11.3 Å². The van der Waals surface area contributed by atoms with Crippen LogP contribution in [0, 0.1) is 0 Å². The first-order valence-electron chi connectivity index (χ1n) is 9.65. The number of carbonyl (C=O) groups is 3. The van der Waals surface area contributed by atoms with Crippen molar-refractivity contribution in [3.8, 4) is 0 Å². The number of carbonyl (C=O) groups excluding carboxylic acids is 2. The highest BCUT2D eigenvalue weighted by Crippen LogP contribution is 2.22. The van der Waals surface area contributed by atoms with Gasteiger partial charge in [-0.1, -0.05) is 18.2 Å². The highest BCUT2D eigenvalue weighted by Gasteiger charge is 2.24. The Morgan fingerprint density at radius 1 is 1.20 bits per heavy atom. The summed E-state index contributed by atoms with van der Waals surface area (Å²) in [7, 11) is 0. The molecule has 7 nitrogen and oxygen atoms in total. The standard InChI is InChI=1S/C22H24N2O5S/c1-30-17-9-7-14(8-10-17)18(13-20(25)26)24-21(27)15-4-2-5-16(12-15)23-22(28)19-6-3-11-29-19/h2,4-5,7-10,12,18-19H,3,6,11,13H2,1H3,(H,23,28)(H,24,27)(H,25,26)/t18-,19+/m0/s1. The largest absolute Gasteiger partial charge is 0.481 e. The van der Waals surface area contributed by atoms with Crippen molar-refractivity contribution >= 4 is 35.2 Å². The quantitative estimate of drug-likeness (QED) is 0.556. The van der Waals surface area contributed by atoms with Crippen LogP contribution < -0.4 is 10.6 Å². The van der Waals surface area contributed by atoms with E-state index in [1.165, 1.54) is 0 Å². The molecule has 1 aliphatic rings. The summed E-state index contributed by atoms with van der Waals surface area (Å²) in [6.45, 7) is 0.573. The zero-order chi connectivity index (χ0) is 21.5. The molecule has 0 radical (unpaired) electrons. The van der Waals surface area contributed by atoms with Crippen LogP contribution in [-0.2, 0) is 14.3 Å². The van der Waals surface area contributed by atoms with Crippen molar-refractivity contribution in [3.63, 3.8) is 0 Å². The molecule has 0 spiro atoms. The lowest BCUT2D eigenvalue weighted by molar-refractivity contribution is -0.137.